The van der Waals surface area contributed by atoms with Gasteiger partial charge in [-0.25, -0.2) is 12.8 Å². The van der Waals surface area contributed by atoms with Crippen LogP contribution in [0.15, 0.2) is 53.4 Å². The average molecular weight is 380 g/mol. The smallest absolute Gasteiger partial charge is 0.243 e. The van der Waals surface area contributed by atoms with Crippen molar-refractivity contribution in [1.29, 1.82) is 0 Å². The predicted octanol–water partition coefficient (Wildman–Crippen LogP) is 1.95. The summed E-state index contributed by atoms with van der Waals surface area (Å²) in [6.07, 6.45) is 0. The fourth-order valence-electron chi connectivity index (χ4n) is 2.12. The van der Waals surface area contributed by atoms with Gasteiger partial charge in [-0.1, -0.05) is 17.7 Å². The Bertz CT molecular complexity index is 836. The summed E-state index contributed by atoms with van der Waals surface area (Å²) in [6.45, 7) is 1.95. The molecule has 2 aromatic rings. The number of hydrogen-bond donors (Lipinski definition) is 1. The summed E-state index contributed by atoms with van der Waals surface area (Å²) in [7, 11) is -2.37. The van der Waals surface area contributed by atoms with Gasteiger partial charge < -0.3 is 10.1 Å². The number of nitrogens with one attached hydrogen (secondary N) is 1. The molecule has 0 saturated heterocycles. The number of carbonyl (C=O) groups excluding carboxylic acids is 1. The fraction of sp³-hybridized carbons (Fsp3) is 0.278. The Morgan fingerprint density at radius 2 is 1.73 bits per heavy atom. The summed E-state index contributed by atoms with van der Waals surface area (Å²) >= 11 is 0. The first-order valence-electron chi connectivity index (χ1n) is 7.97. The first-order chi connectivity index (χ1) is 12.3. The monoisotopic (exact) mass is 380 g/mol. The van der Waals surface area contributed by atoms with Crippen molar-refractivity contribution in [2.45, 2.75) is 11.8 Å². The molecule has 2 rings (SSSR count). The van der Waals surface area contributed by atoms with Crippen LogP contribution in [0, 0.1) is 12.7 Å². The maximum Gasteiger partial charge on any atom is 0.243 e. The molecule has 0 saturated carbocycles. The summed E-state index contributed by atoms with van der Waals surface area (Å²) in [5, 5.41) is 2.58. The molecule has 0 aliphatic rings. The number of halogens is 1. The third-order valence-electron chi connectivity index (χ3n) is 3.60. The maximum absolute atomic E-state index is 12.8. The van der Waals surface area contributed by atoms with Crippen LogP contribution in [0.3, 0.4) is 0 Å². The molecular formula is C18H21FN2O4S. The molecule has 0 atom stereocenters. The van der Waals surface area contributed by atoms with Gasteiger partial charge in [-0.05, 0) is 43.3 Å². The molecule has 0 radical (unpaired) electrons. The van der Waals surface area contributed by atoms with E-state index in [0.717, 1.165) is 9.87 Å². The Morgan fingerprint density at radius 1 is 1.12 bits per heavy atom. The third kappa shape index (κ3) is 5.53. The van der Waals surface area contributed by atoms with Crippen LogP contribution in [0.5, 0.6) is 5.75 Å². The quantitative estimate of drug-likeness (QED) is 0.711. The van der Waals surface area contributed by atoms with Crippen LogP contribution >= 0.6 is 0 Å². The zero-order valence-corrected chi connectivity index (χ0v) is 15.4. The van der Waals surface area contributed by atoms with Crippen molar-refractivity contribution < 1.29 is 22.3 Å². The van der Waals surface area contributed by atoms with E-state index in [-0.39, 0.29) is 30.4 Å². The molecule has 0 aliphatic carbocycles. The normalized spacial score (nSPS) is 11.4. The van der Waals surface area contributed by atoms with Crippen molar-refractivity contribution in [3.63, 3.8) is 0 Å². The molecule has 1 amide bonds. The zero-order chi connectivity index (χ0) is 19.2. The molecule has 0 unspecified atom stereocenters. The molecule has 2 aromatic carbocycles. The number of sulfonamides is 1. The SMILES string of the molecule is Cc1ccc(S(=O)(=O)N(C)CC(=O)NCCOc2ccc(F)cc2)cc1. The highest BCUT2D eigenvalue weighted by Crippen LogP contribution is 2.14. The van der Waals surface area contributed by atoms with E-state index in [1.165, 1.54) is 43.4 Å². The number of amides is 1. The second-order valence-electron chi connectivity index (χ2n) is 5.73. The molecule has 140 valence electrons. The number of likely N-dealkylation sites (N-methyl/N-ethyl adjacent to an activating group) is 1. The first-order valence-corrected chi connectivity index (χ1v) is 9.41. The molecule has 0 fully saturated rings. The van der Waals surface area contributed by atoms with Crippen molar-refractivity contribution in [3.05, 3.63) is 59.9 Å². The lowest BCUT2D eigenvalue weighted by Crippen LogP contribution is -2.39. The van der Waals surface area contributed by atoms with E-state index >= 15 is 0 Å². The topological polar surface area (TPSA) is 75.7 Å². The van der Waals surface area contributed by atoms with E-state index < -0.39 is 15.9 Å². The highest BCUT2D eigenvalue weighted by Gasteiger charge is 2.22. The van der Waals surface area contributed by atoms with Crippen LogP contribution in [-0.2, 0) is 14.8 Å². The molecule has 0 aliphatic heterocycles. The summed E-state index contributed by atoms with van der Waals surface area (Å²) in [5.41, 5.74) is 0.950. The van der Waals surface area contributed by atoms with Crippen LogP contribution in [0.4, 0.5) is 4.39 Å². The van der Waals surface area contributed by atoms with E-state index in [9.17, 15) is 17.6 Å². The van der Waals surface area contributed by atoms with E-state index in [4.69, 9.17) is 4.74 Å². The number of ether oxygens (including phenoxy) is 1. The lowest BCUT2D eigenvalue weighted by atomic mass is 10.2. The van der Waals surface area contributed by atoms with Gasteiger partial charge in [0.2, 0.25) is 15.9 Å². The molecule has 26 heavy (non-hydrogen) atoms. The molecule has 6 nitrogen and oxygen atoms in total. The molecule has 0 aromatic heterocycles. The molecular weight excluding hydrogens is 359 g/mol. The van der Waals surface area contributed by atoms with E-state index in [2.05, 4.69) is 5.32 Å². The van der Waals surface area contributed by atoms with Crippen molar-refractivity contribution >= 4 is 15.9 Å². The number of rotatable bonds is 8. The minimum absolute atomic E-state index is 0.137. The number of carbonyl (C=O) groups is 1. The van der Waals surface area contributed by atoms with Crippen LogP contribution in [0.25, 0.3) is 0 Å². The Kier molecular flexibility index (Phi) is 6.70. The second-order valence-corrected chi connectivity index (χ2v) is 7.77. The van der Waals surface area contributed by atoms with Gasteiger partial charge in [0.05, 0.1) is 18.0 Å². The summed E-state index contributed by atoms with van der Waals surface area (Å²) < 4.78 is 43.9. The van der Waals surface area contributed by atoms with E-state index in [1.54, 1.807) is 12.1 Å². The van der Waals surface area contributed by atoms with Gasteiger partial charge in [0.15, 0.2) is 0 Å². The van der Waals surface area contributed by atoms with Crippen molar-refractivity contribution in [2.24, 2.45) is 0 Å². The maximum atomic E-state index is 12.8. The van der Waals surface area contributed by atoms with Gasteiger partial charge in [0.1, 0.15) is 18.2 Å². The van der Waals surface area contributed by atoms with E-state index in [0.29, 0.717) is 5.75 Å². The van der Waals surface area contributed by atoms with Crippen molar-refractivity contribution in [1.82, 2.24) is 9.62 Å². The molecule has 0 spiro atoms. The van der Waals surface area contributed by atoms with Crippen LogP contribution in [-0.4, -0.2) is 45.4 Å². The van der Waals surface area contributed by atoms with Crippen LogP contribution in [0.1, 0.15) is 5.56 Å². The average Bonchev–Trinajstić information content (AvgIpc) is 2.60. The van der Waals surface area contributed by atoms with E-state index in [1.807, 2.05) is 6.92 Å². The Balaban J connectivity index is 1.79. The minimum Gasteiger partial charge on any atom is -0.492 e. The fourth-order valence-corrected chi connectivity index (χ4v) is 3.25. The van der Waals surface area contributed by atoms with Gasteiger partial charge in [-0.15, -0.1) is 0 Å². The predicted molar refractivity (Wildman–Crippen MR) is 95.9 cm³/mol. The number of benzene rings is 2. The lowest BCUT2D eigenvalue weighted by Gasteiger charge is -2.17. The Morgan fingerprint density at radius 3 is 2.35 bits per heavy atom. The highest BCUT2D eigenvalue weighted by molar-refractivity contribution is 7.89. The standard InChI is InChI=1S/C18H21FN2O4S/c1-14-3-9-17(10-4-14)26(23,24)21(2)13-18(22)20-11-12-25-16-7-5-15(19)6-8-16/h3-10H,11-13H2,1-2H3,(H,20,22). The molecule has 1 N–H and O–H groups in total. The highest BCUT2D eigenvalue weighted by atomic mass is 32.2. The van der Waals surface area contributed by atoms with Crippen molar-refractivity contribution in [2.75, 3.05) is 26.7 Å². The largest absolute Gasteiger partial charge is 0.492 e. The van der Waals surface area contributed by atoms with Crippen LogP contribution in [0.2, 0.25) is 0 Å². The van der Waals surface area contributed by atoms with Gasteiger partial charge in [0, 0.05) is 7.05 Å². The summed E-state index contributed by atoms with van der Waals surface area (Å²) in [6, 6.07) is 11.9. The Hall–Kier alpha value is -2.45. The van der Waals surface area contributed by atoms with Gasteiger partial charge in [-0.2, -0.15) is 4.31 Å². The van der Waals surface area contributed by atoms with Crippen LogP contribution < -0.4 is 10.1 Å². The van der Waals surface area contributed by atoms with Crippen molar-refractivity contribution in [3.8, 4) is 5.75 Å². The summed E-state index contributed by atoms with van der Waals surface area (Å²) in [4.78, 5) is 12.1. The first kappa shape index (κ1) is 19.9. The molecule has 8 heteroatoms. The van der Waals surface area contributed by atoms with Gasteiger partial charge >= 0.3 is 0 Å². The number of nitrogens with zero attached hydrogens (tertiary/aromatic N) is 1. The minimum atomic E-state index is -3.72. The molecule has 0 bridgehead atoms. The summed E-state index contributed by atoms with van der Waals surface area (Å²) in [5.74, 6) is -0.311. The van der Waals surface area contributed by atoms with Gasteiger partial charge in [-0.3, -0.25) is 4.79 Å². The van der Waals surface area contributed by atoms with Gasteiger partial charge in [0.25, 0.3) is 0 Å². The number of hydrogen-bond acceptors (Lipinski definition) is 4. The lowest BCUT2D eigenvalue weighted by molar-refractivity contribution is -0.121. The second kappa shape index (κ2) is 8.77. The third-order valence-corrected chi connectivity index (χ3v) is 5.42. The molecule has 0 heterocycles. The Labute approximate surface area is 152 Å². The zero-order valence-electron chi connectivity index (χ0n) is 14.6. The number of aryl methyl sites for hydroxylation is 1.